The number of hydrogen-bond donors (Lipinski definition) is 4. The molecule has 1 aliphatic carbocycles. The van der Waals surface area contributed by atoms with E-state index < -0.39 is 0 Å². The number of rotatable bonds is 7. The molecular weight excluding hydrogens is 316 g/mol. The van der Waals surface area contributed by atoms with Gasteiger partial charge in [-0.25, -0.2) is 0 Å². The molecule has 0 saturated carbocycles. The summed E-state index contributed by atoms with van der Waals surface area (Å²) < 4.78 is 0. The van der Waals surface area contributed by atoms with Gasteiger partial charge in [0.2, 0.25) is 0 Å². The largest absolute Gasteiger partial charge is 0.507 e. The number of allylic oxidation sites excluding steroid dienone is 2. The number of aliphatic hydroxyl groups excluding tert-OH is 2. The van der Waals surface area contributed by atoms with E-state index in [0.29, 0.717) is 18.4 Å². The third-order valence-corrected chi connectivity index (χ3v) is 5.08. The van der Waals surface area contributed by atoms with Crippen molar-refractivity contribution in [2.24, 2.45) is 5.92 Å². The van der Waals surface area contributed by atoms with E-state index in [1.165, 1.54) is 0 Å². The lowest BCUT2D eigenvalue weighted by atomic mass is 9.73. The second kappa shape index (κ2) is 8.54. The molecule has 25 heavy (non-hydrogen) atoms. The van der Waals surface area contributed by atoms with Crippen molar-refractivity contribution in [3.63, 3.8) is 0 Å². The van der Waals surface area contributed by atoms with Gasteiger partial charge in [-0.1, -0.05) is 18.2 Å². The number of aromatic hydroxyl groups is 2. The molecule has 0 heterocycles. The molecule has 138 valence electrons. The molecule has 4 nitrogen and oxygen atoms in total. The second-order valence-corrected chi connectivity index (χ2v) is 7.29. The van der Waals surface area contributed by atoms with Crippen molar-refractivity contribution >= 4 is 0 Å². The fourth-order valence-corrected chi connectivity index (χ4v) is 3.71. The van der Waals surface area contributed by atoms with Gasteiger partial charge in [-0.2, -0.15) is 0 Å². The molecule has 0 fully saturated rings. The van der Waals surface area contributed by atoms with Crippen LogP contribution in [0.5, 0.6) is 11.5 Å². The van der Waals surface area contributed by atoms with Crippen molar-refractivity contribution in [3.05, 3.63) is 47.1 Å². The van der Waals surface area contributed by atoms with Crippen LogP contribution in [-0.4, -0.2) is 33.1 Å². The van der Waals surface area contributed by atoms with E-state index in [2.05, 4.69) is 6.58 Å². The highest BCUT2D eigenvalue weighted by Gasteiger charge is 2.30. The first-order chi connectivity index (χ1) is 11.8. The molecule has 0 spiro atoms. The summed E-state index contributed by atoms with van der Waals surface area (Å²) in [4.78, 5) is 0. The molecule has 4 N–H and O–H groups in total. The van der Waals surface area contributed by atoms with Crippen LogP contribution in [0.3, 0.4) is 0 Å². The third-order valence-electron chi connectivity index (χ3n) is 5.08. The van der Waals surface area contributed by atoms with E-state index in [-0.39, 0.29) is 36.0 Å². The molecule has 3 atom stereocenters. The van der Waals surface area contributed by atoms with Gasteiger partial charge in [-0.05, 0) is 75.1 Å². The summed E-state index contributed by atoms with van der Waals surface area (Å²) >= 11 is 0. The first-order valence-electron chi connectivity index (χ1n) is 9.02. The molecule has 0 amide bonds. The normalized spacial score (nSPS) is 21.7. The highest BCUT2D eigenvalue weighted by atomic mass is 16.3. The predicted molar refractivity (Wildman–Crippen MR) is 99.8 cm³/mol. The number of phenolic OH excluding ortho intramolecular Hbond substituents is 2. The zero-order valence-electron chi connectivity index (χ0n) is 15.2. The van der Waals surface area contributed by atoms with Crippen molar-refractivity contribution in [2.45, 2.75) is 58.0 Å². The van der Waals surface area contributed by atoms with E-state index in [1.807, 2.05) is 13.0 Å². The van der Waals surface area contributed by atoms with E-state index in [1.54, 1.807) is 19.1 Å². The van der Waals surface area contributed by atoms with Crippen molar-refractivity contribution in [1.29, 1.82) is 0 Å². The third kappa shape index (κ3) is 4.86. The minimum atomic E-state index is -0.345. The van der Waals surface area contributed by atoms with Crippen molar-refractivity contribution in [1.82, 2.24) is 0 Å². The van der Waals surface area contributed by atoms with Gasteiger partial charge in [-0.15, -0.1) is 0 Å². The van der Waals surface area contributed by atoms with Gasteiger partial charge >= 0.3 is 0 Å². The van der Waals surface area contributed by atoms with Crippen molar-refractivity contribution in [2.75, 3.05) is 6.61 Å². The van der Waals surface area contributed by atoms with Gasteiger partial charge < -0.3 is 20.4 Å². The second-order valence-electron chi connectivity index (χ2n) is 7.29. The quantitative estimate of drug-likeness (QED) is 0.566. The molecule has 0 saturated heterocycles. The van der Waals surface area contributed by atoms with E-state index in [0.717, 1.165) is 36.0 Å². The fourth-order valence-electron chi connectivity index (χ4n) is 3.71. The molecule has 1 aliphatic rings. The maximum atomic E-state index is 10.6. The Morgan fingerprint density at radius 1 is 1.28 bits per heavy atom. The Morgan fingerprint density at radius 3 is 2.44 bits per heavy atom. The lowest BCUT2D eigenvalue weighted by Crippen LogP contribution is -2.18. The minimum Gasteiger partial charge on any atom is -0.507 e. The summed E-state index contributed by atoms with van der Waals surface area (Å²) in [6.07, 6.45) is 5.45. The summed E-state index contributed by atoms with van der Waals surface area (Å²) in [5.41, 5.74) is 3.31. The van der Waals surface area contributed by atoms with Crippen LogP contribution in [0, 0.1) is 5.92 Å². The van der Waals surface area contributed by atoms with Gasteiger partial charge in [-0.3, -0.25) is 0 Å². The SMILES string of the molecule is C=C(C)[C@@H]1CCC(CO)=CC1c1c(O)cc(CCCC(C)O)cc1O. The topological polar surface area (TPSA) is 80.9 Å². The van der Waals surface area contributed by atoms with Gasteiger partial charge in [0.1, 0.15) is 11.5 Å². The first-order valence-corrected chi connectivity index (χ1v) is 9.02. The number of aliphatic hydroxyl groups is 2. The average Bonchev–Trinajstić information content (AvgIpc) is 2.53. The Morgan fingerprint density at radius 2 is 1.92 bits per heavy atom. The van der Waals surface area contributed by atoms with Crippen LogP contribution >= 0.6 is 0 Å². The van der Waals surface area contributed by atoms with Crippen LogP contribution in [0.15, 0.2) is 35.9 Å². The zero-order valence-corrected chi connectivity index (χ0v) is 15.2. The smallest absolute Gasteiger partial charge is 0.123 e. The highest BCUT2D eigenvalue weighted by molar-refractivity contribution is 5.52. The lowest BCUT2D eigenvalue weighted by molar-refractivity contribution is 0.181. The van der Waals surface area contributed by atoms with Crippen LogP contribution in [0.2, 0.25) is 0 Å². The average molecular weight is 346 g/mol. The minimum absolute atomic E-state index is 0.00162. The highest BCUT2D eigenvalue weighted by Crippen LogP contribution is 2.46. The number of benzene rings is 1. The molecule has 2 unspecified atom stereocenters. The summed E-state index contributed by atoms with van der Waals surface area (Å²) in [7, 11) is 0. The van der Waals surface area contributed by atoms with E-state index in [9.17, 15) is 20.4 Å². The van der Waals surface area contributed by atoms with E-state index >= 15 is 0 Å². The van der Waals surface area contributed by atoms with Crippen molar-refractivity contribution in [3.8, 4) is 11.5 Å². The Balaban J connectivity index is 2.31. The van der Waals surface area contributed by atoms with Crippen LogP contribution in [0.25, 0.3) is 0 Å². The Kier molecular flexibility index (Phi) is 6.68. The van der Waals surface area contributed by atoms with Crippen molar-refractivity contribution < 1.29 is 20.4 Å². The monoisotopic (exact) mass is 346 g/mol. The van der Waals surface area contributed by atoms with Crippen LogP contribution in [0.4, 0.5) is 0 Å². The first kappa shape index (κ1) is 19.5. The van der Waals surface area contributed by atoms with Crippen LogP contribution < -0.4 is 0 Å². The molecule has 1 aromatic carbocycles. The Hall–Kier alpha value is -1.78. The Bertz CT molecular complexity index is 622. The van der Waals surface area contributed by atoms with Crippen LogP contribution in [-0.2, 0) is 6.42 Å². The number of aryl methyl sites for hydroxylation is 1. The molecular formula is C21H30O4. The van der Waals surface area contributed by atoms with Gasteiger partial charge in [0.05, 0.1) is 12.7 Å². The summed E-state index contributed by atoms with van der Waals surface area (Å²) in [6, 6.07) is 3.40. The van der Waals surface area contributed by atoms with Gasteiger partial charge in [0, 0.05) is 11.5 Å². The summed E-state index contributed by atoms with van der Waals surface area (Å²) in [5, 5.41) is 39.9. The predicted octanol–water partition coefficient (Wildman–Crippen LogP) is 3.79. The zero-order chi connectivity index (χ0) is 18.6. The molecule has 0 aliphatic heterocycles. The van der Waals surface area contributed by atoms with Gasteiger partial charge in [0.15, 0.2) is 0 Å². The van der Waals surface area contributed by atoms with Gasteiger partial charge in [0.25, 0.3) is 0 Å². The Labute approximate surface area is 150 Å². The molecule has 4 heteroatoms. The van der Waals surface area contributed by atoms with Crippen LogP contribution in [0.1, 0.15) is 56.6 Å². The van der Waals surface area contributed by atoms with E-state index in [4.69, 9.17) is 0 Å². The molecule has 0 radical (unpaired) electrons. The molecule has 0 aromatic heterocycles. The number of hydrogen-bond acceptors (Lipinski definition) is 4. The molecule has 1 aromatic rings. The standard InChI is InChI=1S/C21H30O4/c1-13(2)17-8-7-16(12-22)9-18(17)21-19(24)10-15(11-20(21)25)6-4-5-14(3)23/h9-11,14,17-18,22-25H,1,4-8,12H2,2-3H3/t14?,17-,18?/m0/s1. The summed E-state index contributed by atoms with van der Waals surface area (Å²) in [5.74, 6) is 0.116. The maximum absolute atomic E-state index is 10.6. The molecule has 2 rings (SSSR count). The fraction of sp³-hybridized carbons (Fsp3) is 0.524. The maximum Gasteiger partial charge on any atom is 0.123 e. The lowest BCUT2D eigenvalue weighted by Gasteiger charge is -2.31. The summed E-state index contributed by atoms with van der Waals surface area (Å²) in [6.45, 7) is 7.78. The number of phenols is 2. The molecule has 0 bridgehead atoms.